The van der Waals surface area contributed by atoms with Crippen molar-refractivity contribution in [1.29, 1.82) is 5.26 Å². The Labute approximate surface area is 150 Å². The maximum absolute atomic E-state index is 12.7. The Kier molecular flexibility index (Phi) is 4.99. The van der Waals surface area contributed by atoms with Crippen LogP contribution in [0.15, 0.2) is 54.7 Å². The highest BCUT2D eigenvalue weighted by Crippen LogP contribution is 2.20. The first kappa shape index (κ1) is 17.2. The van der Waals surface area contributed by atoms with Gasteiger partial charge in [0, 0.05) is 36.1 Å². The molecule has 1 heterocycles. The van der Waals surface area contributed by atoms with Crippen molar-refractivity contribution < 1.29 is 9.59 Å². The molecule has 0 aliphatic carbocycles. The largest absolute Gasteiger partial charge is 0.361 e. The van der Waals surface area contributed by atoms with E-state index < -0.39 is 6.04 Å². The molecule has 1 aromatic heterocycles. The van der Waals surface area contributed by atoms with Gasteiger partial charge in [-0.2, -0.15) is 5.26 Å². The van der Waals surface area contributed by atoms with Gasteiger partial charge in [0.25, 0.3) is 0 Å². The molecule has 26 heavy (non-hydrogen) atoms. The number of hydrogen-bond donors (Lipinski definition) is 3. The molecule has 130 valence electrons. The van der Waals surface area contributed by atoms with Crippen molar-refractivity contribution in [2.24, 2.45) is 0 Å². The molecule has 3 rings (SSSR count). The third-order valence-electron chi connectivity index (χ3n) is 4.05. The summed E-state index contributed by atoms with van der Waals surface area (Å²) in [6.45, 7) is 1.38. The second-order valence-corrected chi connectivity index (χ2v) is 6.00. The number of aromatic nitrogens is 1. The molecule has 3 N–H and O–H groups in total. The topological polar surface area (TPSA) is 97.8 Å². The predicted octanol–water partition coefficient (Wildman–Crippen LogP) is 2.73. The van der Waals surface area contributed by atoms with Crippen molar-refractivity contribution in [1.82, 2.24) is 10.3 Å². The van der Waals surface area contributed by atoms with Gasteiger partial charge in [0.1, 0.15) is 6.04 Å². The normalized spacial score (nSPS) is 11.5. The fourth-order valence-corrected chi connectivity index (χ4v) is 2.87. The summed E-state index contributed by atoms with van der Waals surface area (Å²) in [5, 5.41) is 15.5. The predicted molar refractivity (Wildman–Crippen MR) is 99.4 cm³/mol. The summed E-state index contributed by atoms with van der Waals surface area (Å²) in [6, 6.07) is 15.8. The van der Waals surface area contributed by atoms with Gasteiger partial charge in [-0.05, 0) is 29.8 Å². The smallest absolute Gasteiger partial charge is 0.247 e. The Hall–Kier alpha value is -3.59. The van der Waals surface area contributed by atoms with Gasteiger partial charge in [0.05, 0.1) is 11.6 Å². The van der Waals surface area contributed by atoms with Crippen LogP contribution in [0.3, 0.4) is 0 Å². The summed E-state index contributed by atoms with van der Waals surface area (Å²) in [5.41, 5.74) is 2.89. The number of fused-ring (bicyclic) bond motifs is 1. The van der Waals surface area contributed by atoms with Crippen LogP contribution >= 0.6 is 0 Å². The van der Waals surface area contributed by atoms with E-state index in [4.69, 9.17) is 5.26 Å². The lowest BCUT2D eigenvalue weighted by atomic mass is 10.0. The standard InChI is InChI=1S/C20H18N4O2/c1-13(25)23-19(10-15-12-22-18-8-3-2-7-17(15)18)20(26)24-16-6-4-5-14(9-16)11-21/h2-9,12,19,22H,10H2,1H3,(H,23,25)(H,24,26)/t19-/m0/s1. The number of carbonyl (C=O) groups excluding carboxylic acids is 2. The van der Waals surface area contributed by atoms with Gasteiger partial charge in [0.2, 0.25) is 11.8 Å². The zero-order valence-electron chi connectivity index (χ0n) is 14.2. The number of aromatic amines is 1. The van der Waals surface area contributed by atoms with Gasteiger partial charge in [0.15, 0.2) is 0 Å². The van der Waals surface area contributed by atoms with Crippen molar-refractivity contribution in [3.63, 3.8) is 0 Å². The molecule has 0 unspecified atom stereocenters. The third kappa shape index (κ3) is 3.90. The molecule has 2 aromatic carbocycles. The van der Waals surface area contributed by atoms with Crippen LogP contribution < -0.4 is 10.6 Å². The molecular formula is C20H18N4O2. The minimum atomic E-state index is -0.725. The van der Waals surface area contributed by atoms with Crippen LogP contribution in [-0.2, 0) is 16.0 Å². The number of carbonyl (C=O) groups is 2. The Morgan fingerprint density at radius 2 is 2.00 bits per heavy atom. The monoisotopic (exact) mass is 346 g/mol. The van der Waals surface area contributed by atoms with Gasteiger partial charge in [-0.3, -0.25) is 9.59 Å². The van der Waals surface area contributed by atoms with Crippen molar-refractivity contribution in [2.45, 2.75) is 19.4 Å². The number of nitrogens with zero attached hydrogens (tertiary/aromatic N) is 1. The Balaban J connectivity index is 1.82. The molecule has 3 aromatic rings. The van der Waals surface area contributed by atoms with Gasteiger partial charge < -0.3 is 15.6 Å². The lowest BCUT2D eigenvalue weighted by molar-refractivity contribution is -0.125. The van der Waals surface area contributed by atoms with E-state index in [1.807, 2.05) is 36.5 Å². The summed E-state index contributed by atoms with van der Waals surface area (Å²) in [7, 11) is 0. The van der Waals surface area contributed by atoms with Crippen molar-refractivity contribution in [3.8, 4) is 6.07 Å². The molecule has 0 aliphatic heterocycles. The Morgan fingerprint density at radius 1 is 1.19 bits per heavy atom. The fraction of sp³-hybridized carbons (Fsp3) is 0.150. The maximum atomic E-state index is 12.7. The van der Waals surface area contributed by atoms with E-state index in [0.717, 1.165) is 16.5 Å². The van der Waals surface area contributed by atoms with Gasteiger partial charge in [-0.15, -0.1) is 0 Å². The van der Waals surface area contributed by atoms with E-state index in [9.17, 15) is 9.59 Å². The number of amides is 2. The van der Waals surface area contributed by atoms with Crippen LogP contribution in [0.4, 0.5) is 5.69 Å². The average molecular weight is 346 g/mol. The third-order valence-corrected chi connectivity index (χ3v) is 4.05. The summed E-state index contributed by atoms with van der Waals surface area (Å²) >= 11 is 0. The first-order valence-electron chi connectivity index (χ1n) is 8.20. The molecule has 6 heteroatoms. The van der Waals surface area contributed by atoms with E-state index in [-0.39, 0.29) is 11.8 Å². The Bertz CT molecular complexity index is 1000. The minimum Gasteiger partial charge on any atom is -0.361 e. The molecule has 0 saturated carbocycles. The van der Waals surface area contributed by atoms with Gasteiger partial charge >= 0.3 is 0 Å². The molecule has 0 fully saturated rings. The molecule has 0 saturated heterocycles. The van der Waals surface area contributed by atoms with Crippen molar-refractivity contribution >= 4 is 28.4 Å². The van der Waals surface area contributed by atoms with Crippen LogP contribution in [0, 0.1) is 11.3 Å². The lowest BCUT2D eigenvalue weighted by Gasteiger charge is -2.17. The summed E-state index contributed by atoms with van der Waals surface area (Å²) in [5.74, 6) is -0.615. The van der Waals surface area contributed by atoms with E-state index >= 15 is 0 Å². The average Bonchev–Trinajstić information content (AvgIpc) is 3.04. The van der Waals surface area contributed by atoms with E-state index in [1.165, 1.54) is 6.92 Å². The number of H-pyrrole nitrogens is 1. The number of para-hydroxylation sites is 1. The SMILES string of the molecule is CC(=O)N[C@@H](Cc1c[nH]c2ccccc12)C(=O)Nc1cccc(C#N)c1. The fourth-order valence-electron chi connectivity index (χ4n) is 2.87. The second kappa shape index (κ2) is 7.53. The molecule has 0 radical (unpaired) electrons. The maximum Gasteiger partial charge on any atom is 0.247 e. The molecule has 6 nitrogen and oxygen atoms in total. The number of nitriles is 1. The number of benzene rings is 2. The van der Waals surface area contributed by atoms with Crippen molar-refractivity contribution in [3.05, 3.63) is 65.9 Å². The van der Waals surface area contributed by atoms with Crippen LogP contribution in [-0.4, -0.2) is 22.8 Å². The van der Waals surface area contributed by atoms with Crippen molar-refractivity contribution in [2.75, 3.05) is 5.32 Å². The summed E-state index contributed by atoms with van der Waals surface area (Å²) in [4.78, 5) is 27.4. The molecule has 1 atom stereocenters. The lowest BCUT2D eigenvalue weighted by Crippen LogP contribution is -2.44. The highest BCUT2D eigenvalue weighted by Gasteiger charge is 2.21. The number of anilines is 1. The van der Waals surface area contributed by atoms with Crippen LogP contribution in [0.5, 0.6) is 0 Å². The molecule has 0 aliphatic rings. The first-order valence-corrected chi connectivity index (χ1v) is 8.20. The quantitative estimate of drug-likeness (QED) is 0.662. The highest BCUT2D eigenvalue weighted by atomic mass is 16.2. The van der Waals surface area contributed by atoms with Crippen LogP contribution in [0.25, 0.3) is 10.9 Å². The minimum absolute atomic E-state index is 0.282. The van der Waals surface area contributed by atoms with Crippen LogP contribution in [0.1, 0.15) is 18.1 Å². The second-order valence-electron chi connectivity index (χ2n) is 6.00. The number of hydrogen-bond acceptors (Lipinski definition) is 3. The number of rotatable bonds is 5. The van der Waals surface area contributed by atoms with Gasteiger partial charge in [-0.25, -0.2) is 0 Å². The van der Waals surface area contributed by atoms with Gasteiger partial charge in [-0.1, -0.05) is 24.3 Å². The van der Waals surface area contributed by atoms with Crippen LogP contribution in [0.2, 0.25) is 0 Å². The van der Waals surface area contributed by atoms with E-state index in [0.29, 0.717) is 17.7 Å². The first-order chi connectivity index (χ1) is 12.6. The van der Waals surface area contributed by atoms with E-state index in [2.05, 4.69) is 15.6 Å². The summed E-state index contributed by atoms with van der Waals surface area (Å²) < 4.78 is 0. The molecular weight excluding hydrogens is 328 g/mol. The number of nitrogens with one attached hydrogen (secondary N) is 3. The summed E-state index contributed by atoms with van der Waals surface area (Å²) in [6.07, 6.45) is 2.20. The zero-order chi connectivity index (χ0) is 18.5. The molecule has 0 bridgehead atoms. The Morgan fingerprint density at radius 3 is 2.77 bits per heavy atom. The van der Waals surface area contributed by atoms with E-state index in [1.54, 1.807) is 24.3 Å². The zero-order valence-corrected chi connectivity index (χ0v) is 14.2. The highest BCUT2D eigenvalue weighted by molar-refractivity contribution is 5.97. The molecule has 2 amide bonds. The molecule has 0 spiro atoms.